The SMILES string of the molecule is C=C(C)C[C@H](c1ccc(I)cc1)N1CCNCC1. The lowest BCUT2D eigenvalue weighted by molar-refractivity contribution is 0.172. The largest absolute Gasteiger partial charge is 0.314 e. The third-order valence-corrected chi connectivity index (χ3v) is 4.11. The van der Waals surface area contributed by atoms with Gasteiger partial charge >= 0.3 is 0 Å². The van der Waals surface area contributed by atoms with Crippen LogP contribution in [0.1, 0.15) is 24.9 Å². The highest BCUT2D eigenvalue weighted by molar-refractivity contribution is 14.1. The molecule has 98 valence electrons. The van der Waals surface area contributed by atoms with Crippen molar-refractivity contribution in [3.05, 3.63) is 45.6 Å². The molecule has 3 heteroatoms. The van der Waals surface area contributed by atoms with E-state index in [1.54, 1.807) is 0 Å². The Morgan fingerprint density at radius 2 is 1.94 bits per heavy atom. The van der Waals surface area contributed by atoms with Gasteiger partial charge in [-0.2, -0.15) is 0 Å². The summed E-state index contributed by atoms with van der Waals surface area (Å²) in [4.78, 5) is 2.58. The van der Waals surface area contributed by atoms with Gasteiger partial charge in [-0.25, -0.2) is 0 Å². The Labute approximate surface area is 124 Å². The number of hydrogen-bond donors (Lipinski definition) is 1. The molecule has 1 saturated heterocycles. The summed E-state index contributed by atoms with van der Waals surface area (Å²) >= 11 is 2.36. The van der Waals surface area contributed by atoms with Gasteiger partial charge in [-0.05, 0) is 53.6 Å². The lowest BCUT2D eigenvalue weighted by atomic mass is 9.98. The second-order valence-electron chi connectivity index (χ2n) is 5.01. The monoisotopic (exact) mass is 356 g/mol. The smallest absolute Gasteiger partial charge is 0.0386 e. The fourth-order valence-corrected chi connectivity index (χ4v) is 2.83. The molecule has 0 spiro atoms. The van der Waals surface area contributed by atoms with Gasteiger partial charge in [0.1, 0.15) is 0 Å². The molecular formula is C15H21IN2. The number of nitrogens with zero attached hydrogens (tertiary/aromatic N) is 1. The van der Waals surface area contributed by atoms with E-state index >= 15 is 0 Å². The molecule has 1 aliphatic heterocycles. The fraction of sp³-hybridized carbons (Fsp3) is 0.467. The third kappa shape index (κ3) is 3.80. The summed E-state index contributed by atoms with van der Waals surface area (Å²) in [6.45, 7) is 10.7. The Balaban J connectivity index is 2.17. The van der Waals surface area contributed by atoms with Gasteiger partial charge in [0.05, 0.1) is 0 Å². The van der Waals surface area contributed by atoms with Crippen LogP contribution in [0.25, 0.3) is 0 Å². The molecule has 18 heavy (non-hydrogen) atoms. The molecule has 0 amide bonds. The predicted molar refractivity (Wildman–Crippen MR) is 85.8 cm³/mol. The number of piperazine rings is 1. The Morgan fingerprint density at radius 3 is 2.50 bits per heavy atom. The first kappa shape index (κ1) is 14.0. The van der Waals surface area contributed by atoms with Crippen LogP contribution in [-0.2, 0) is 0 Å². The van der Waals surface area contributed by atoms with Crippen LogP contribution in [0.4, 0.5) is 0 Å². The van der Waals surface area contributed by atoms with E-state index in [-0.39, 0.29) is 0 Å². The van der Waals surface area contributed by atoms with Crippen molar-refractivity contribution in [1.82, 2.24) is 10.2 Å². The van der Waals surface area contributed by atoms with Crippen LogP contribution < -0.4 is 5.32 Å². The Bertz CT molecular complexity index is 393. The Morgan fingerprint density at radius 1 is 1.33 bits per heavy atom. The van der Waals surface area contributed by atoms with Crippen molar-refractivity contribution in [1.29, 1.82) is 0 Å². The van der Waals surface area contributed by atoms with E-state index in [9.17, 15) is 0 Å². The summed E-state index contributed by atoms with van der Waals surface area (Å²) in [5, 5.41) is 3.42. The zero-order valence-corrected chi connectivity index (χ0v) is 13.1. The number of nitrogens with one attached hydrogen (secondary N) is 1. The minimum Gasteiger partial charge on any atom is -0.314 e. The van der Waals surface area contributed by atoms with Crippen LogP contribution in [0.15, 0.2) is 36.4 Å². The second-order valence-corrected chi connectivity index (χ2v) is 6.26. The van der Waals surface area contributed by atoms with Crippen LogP contribution in [0.5, 0.6) is 0 Å². The summed E-state index contributed by atoms with van der Waals surface area (Å²) in [6, 6.07) is 9.41. The van der Waals surface area contributed by atoms with Crippen molar-refractivity contribution in [2.45, 2.75) is 19.4 Å². The summed E-state index contributed by atoms with van der Waals surface area (Å²) in [5.74, 6) is 0. The zero-order chi connectivity index (χ0) is 13.0. The van der Waals surface area contributed by atoms with Crippen molar-refractivity contribution in [2.75, 3.05) is 26.2 Å². The van der Waals surface area contributed by atoms with Gasteiger partial charge in [-0.3, -0.25) is 4.90 Å². The highest BCUT2D eigenvalue weighted by Crippen LogP contribution is 2.27. The predicted octanol–water partition coefficient (Wildman–Crippen LogP) is 3.20. The standard InChI is InChI=1S/C15H21IN2/c1-12(2)11-15(18-9-7-17-8-10-18)13-3-5-14(16)6-4-13/h3-6,15,17H,1,7-11H2,2H3/t15-/m1/s1. The molecule has 0 radical (unpaired) electrons. The van der Waals surface area contributed by atoms with Gasteiger partial charge in [-0.15, -0.1) is 6.58 Å². The lowest BCUT2D eigenvalue weighted by Gasteiger charge is -2.35. The third-order valence-electron chi connectivity index (χ3n) is 3.39. The van der Waals surface area contributed by atoms with Crippen LogP contribution in [0.3, 0.4) is 0 Å². The number of benzene rings is 1. The molecule has 1 atom stereocenters. The van der Waals surface area contributed by atoms with Gasteiger partial charge in [0.25, 0.3) is 0 Å². The van der Waals surface area contributed by atoms with Crippen LogP contribution in [-0.4, -0.2) is 31.1 Å². The van der Waals surface area contributed by atoms with E-state index in [2.05, 4.69) is 70.6 Å². The summed E-state index contributed by atoms with van der Waals surface area (Å²) in [6.07, 6.45) is 1.06. The molecule has 1 aromatic carbocycles. The van der Waals surface area contributed by atoms with E-state index in [4.69, 9.17) is 0 Å². The molecular weight excluding hydrogens is 335 g/mol. The topological polar surface area (TPSA) is 15.3 Å². The van der Waals surface area contributed by atoms with E-state index in [1.165, 1.54) is 14.7 Å². The van der Waals surface area contributed by atoms with Crippen LogP contribution >= 0.6 is 22.6 Å². The molecule has 0 aliphatic carbocycles. The summed E-state index contributed by atoms with van der Waals surface area (Å²) in [5.41, 5.74) is 2.68. The summed E-state index contributed by atoms with van der Waals surface area (Å²) in [7, 11) is 0. The number of halogens is 1. The quantitative estimate of drug-likeness (QED) is 0.659. The van der Waals surface area contributed by atoms with Crippen molar-refractivity contribution in [3.63, 3.8) is 0 Å². The Hall–Kier alpha value is -0.390. The Kier molecular flexibility index (Phi) is 5.21. The maximum absolute atomic E-state index is 4.09. The van der Waals surface area contributed by atoms with Gasteiger partial charge in [0.2, 0.25) is 0 Å². The highest BCUT2D eigenvalue weighted by Gasteiger charge is 2.21. The van der Waals surface area contributed by atoms with E-state index in [0.717, 1.165) is 32.6 Å². The first-order chi connectivity index (χ1) is 8.66. The normalized spacial score (nSPS) is 18.6. The van der Waals surface area contributed by atoms with Crippen molar-refractivity contribution < 1.29 is 0 Å². The average molecular weight is 356 g/mol. The number of rotatable bonds is 4. The molecule has 1 aromatic rings. The first-order valence-electron chi connectivity index (χ1n) is 6.51. The minimum absolute atomic E-state index is 0.488. The van der Waals surface area contributed by atoms with Gasteiger partial charge in [0, 0.05) is 35.8 Å². The number of hydrogen-bond acceptors (Lipinski definition) is 2. The average Bonchev–Trinajstić information content (AvgIpc) is 2.38. The molecule has 2 rings (SSSR count). The molecule has 1 heterocycles. The van der Waals surface area contributed by atoms with Crippen molar-refractivity contribution >= 4 is 22.6 Å². The van der Waals surface area contributed by atoms with Gasteiger partial charge in [-0.1, -0.05) is 17.7 Å². The van der Waals surface area contributed by atoms with Crippen LogP contribution in [0, 0.1) is 3.57 Å². The zero-order valence-electron chi connectivity index (χ0n) is 11.0. The van der Waals surface area contributed by atoms with E-state index in [0.29, 0.717) is 6.04 Å². The molecule has 0 saturated carbocycles. The van der Waals surface area contributed by atoms with E-state index in [1.807, 2.05) is 0 Å². The molecule has 1 aliphatic rings. The van der Waals surface area contributed by atoms with Crippen LogP contribution in [0.2, 0.25) is 0 Å². The van der Waals surface area contributed by atoms with Crippen molar-refractivity contribution in [2.24, 2.45) is 0 Å². The molecule has 0 aromatic heterocycles. The highest BCUT2D eigenvalue weighted by atomic mass is 127. The second kappa shape index (κ2) is 6.68. The lowest BCUT2D eigenvalue weighted by Crippen LogP contribution is -2.45. The van der Waals surface area contributed by atoms with Gasteiger partial charge in [0.15, 0.2) is 0 Å². The molecule has 1 N–H and O–H groups in total. The molecule has 0 bridgehead atoms. The summed E-state index contributed by atoms with van der Waals surface area (Å²) < 4.78 is 1.30. The molecule has 0 unspecified atom stereocenters. The fourth-order valence-electron chi connectivity index (χ4n) is 2.47. The first-order valence-corrected chi connectivity index (χ1v) is 7.59. The maximum Gasteiger partial charge on any atom is 0.0386 e. The van der Waals surface area contributed by atoms with Gasteiger partial charge < -0.3 is 5.32 Å². The maximum atomic E-state index is 4.09. The minimum atomic E-state index is 0.488. The van der Waals surface area contributed by atoms with Crippen molar-refractivity contribution in [3.8, 4) is 0 Å². The van der Waals surface area contributed by atoms with E-state index < -0.39 is 0 Å². The molecule has 2 nitrogen and oxygen atoms in total. The molecule has 1 fully saturated rings.